The molecule has 7 nitrogen and oxygen atoms in total. The van der Waals surface area contributed by atoms with Crippen LogP contribution in [0.15, 0.2) is 53.4 Å². The largest absolute Gasteiger partial charge is 0.348 e. The highest BCUT2D eigenvalue weighted by Gasteiger charge is 2.35. The van der Waals surface area contributed by atoms with Gasteiger partial charge in [0.15, 0.2) is 0 Å². The summed E-state index contributed by atoms with van der Waals surface area (Å²) < 4.78 is 40.2. The number of hydrogen-bond acceptors (Lipinski definition) is 4. The molecule has 1 aliphatic rings. The van der Waals surface area contributed by atoms with E-state index in [1.165, 1.54) is 16.4 Å². The van der Waals surface area contributed by atoms with Gasteiger partial charge in [0.05, 0.1) is 4.90 Å². The summed E-state index contributed by atoms with van der Waals surface area (Å²) in [6, 6.07) is 12.1. The number of hydrogen-bond donors (Lipinski definition) is 2. The summed E-state index contributed by atoms with van der Waals surface area (Å²) >= 11 is 0. The van der Waals surface area contributed by atoms with E-state index in [1.807, 2.05) is 6.92 Å². The second kappa shape index (κ2) is 10.0. The molecule has 2 amide bonds. The maximum Gasteiger partial charge on any atom is 0.309 e. The van der Waals surface area contributed by atoms with Gasteiger partial charge < -0.3 is 10.6 Å². The molecular formula is C22H26FN3O4S. The molecule has 0 aromatic heterocycles. The fourth-order valence-electron chi connectivity index (χ4n) is 3.52. The van der Waals surface area contributed by atoms with Crippen molar-refractivity contribution in [2.45, 2.75) is 37.1 Å². The molecule has 1 aliphatic heterocycles. The molecule has 2 aromatic carbocycles. The number of aryl methyl sites for hydroxylation is 1. The fraction of sp³-hybridized carbons (Fsp3) is 0.364. The molecule has 2 aromatic rings. The maximum atomic E-state index is 12.9. The highest BCUT2D eigenvalue weighted by Crippen LogP contribution is 2.25. The van der Waals surface area contributed by atoms with Crippen LogP contribution >= 0.6 is 0 Å². The molecule has 3 rings (SSSR count). The van der Waals surface area contributed by atoms with E-state index in [0.717, 1.165) is 11.1 Å². The number of nitrogens with zero attached hydrogens (tertiary/aromatic N) is 1. The minimum atomic E-state index is -3.67. The Balaban J connectivity index is 1.49. The quantitative estimate of drug-likeness (QED) is 0.633. The number of benzene rings is 2. The molecule has 1 atom stereocenters. The molecule has 0 saturated carbocycles. The molecule has 0 spiro atoms. The monoisotopic (exact) mass is 447 g/mol. The minimum Gasteiger partial charge on any atom is -0.348 e. The summed E-state index contributed by atoms with van der Waals surface area (Å²) in [5.74, 6) is -1.93. The predicted molar refractivity (Wildman–Crippen MR) is 114 cm³/mol. The summed E-state index contributed by atoms with van der Waals surface area (Å²) in [6.45, 7) is 2.56. The van der Waals surface area contributed by atoms with Gasteiger partial charge in [-0.3, -0.25) is 9.59 Å². The molecule has 0 aliphatic carbocycles. The molecular weight excluding hydrogens is 421 g/mol. The Labute approximate surface area is 181 Å². The minimum absolute atomic E-state index is 0.0648. The highest BCUT2D eigenvalue weighted by molar-refractivity contribution is 7.89. The van der Waals surface area contributed by atoms with Gasteiger partial charge in [-0.1, -0.05) is 29.8 Å². The lowest BCUT2D eigenvalue weighted by Crippen LogP contribution is -2.47. The number of carbonyl (C=O) groups excluding carboxylic acids is 2. The Kier molecular flexibility index (Phi) is 7.40. The first-order valence-corrected chi connectivity index (χ1v) is 11.6. The molecule has 0 unspecified atom stereocenters. The first-order valence-electron chi connectivity index (χ1n) is 10.2. The van der Waals surface area contributed by atoms with Gasteiger partial charge in [0.1, 0.15) is 5.82 Å². The number of rotatable bonds is 7. The van der Waals surface area contributed by atoms with Crippen molar-refractivity contribution in [1.29, 1.82) is 0 Å². The standard InChI is InChI=1S/C22H26FN3O4S/c1-16-4-10-20(11-5-16)31(29,30)26-14-2-3-19(26)15-25-22(28)21(27)24-13-12-17-6-8-18(23)9-7-17/h4-11,19H,2-3,12-15H2,1H3,(H,24,27)(H,25,28)/t19-/m1/s1. The van der Waals surface area contributed by atoms with Crippen molar-refractivity contribution in [2.75, 3.05) is 19.6 Å². The Bertz CT molecular complexity index is 1020. The van der Waals surface area contributed by atoms with E-state index >= 15 is 0 Å². The van der Waals surface area contributed by atoms with Gasteiger partial charge in [0, 0.05) is 25.7 Å². The summed E-state index contributed by atoms with van der Waals surface area (Å²) in [7, 11) is -3.67. The van der Waals surface area contributed by atoms with Crippen molar-refractivity contribution >= 4 is 21.8 Å². The van der Waals surface area contributed by atoms with Crippen LogP contribution in [0.4, 0.5) is 4.39 Å². The van der Waals surface area contributed by atoms with Crippen LogP contribution in [-0.4, -0.2) is 50.2 Å². The Morgan fingerprint density at radius 1 is 1.03 bits per heavy atom. The van der Waals surface area contributed by atoms with Crippen LogP contribution in [0.2, 0.25) is 0 Å². The van der Waals surface area contributed by atoms with Crippen molar-refractivity contribution in [2.24, 2.45) is 0 Å². The third-order valence-electron chi connectivity index (χ3n) is 5.27. The second-order valence-electron chi connectivity index (χ2n) is 7.57. The van der Waals surface area contributed by atoms with Gasteiger partial charge >= 0.3 is 11.8 Å². The van der Waals surface area contributed by atoms with E-state index in [4.69, 9.17) is 0 Å². The van der Waals surface area contributed by atoms with E-state index in [2.05, 4.69) is 10.6 Å². The van der Waals surface area contributed by atoms with Crippen molar-refractivity contribution in [3.8, 4) is 0 Å². The van der Waals surface area contributed by atoms with E-state index in [1.54, 1.807) is 36.4 Å². The number of halogens is 1. The smallest absolute Gasteiger partial charge is 0.309 e. The van der Waals surface area contributed by atoms with Crippen molar-refractivity contribution in [3.63, 3.8) is 0 Å². The predicted octanol–water partition coefficient (Wildman–Crippen LogP) is 1.76. The molecule has 1 saturated heterocycles. The number of nitrogens with one attached hydrogen (secondary N) is 2. The normalized spacial score (nSPS) is 16.8. The zero-order valence-electron chi connectivity index (χ0n) is 17.3. The molecule has 1 fully saturated rings. The third-order valence-corrected chi connectivity index (χ3v) is 7.23. The Hall–Kier alpha value is -2.78. The topological polar surface area (TPSA) is 95.6 Å². The zero-order chi connectivity index (χ0) is 22.4. The van der Waals surface area contributed by atoms with E-state index in [9.17, 15) is 22.4 Å². The Morgan fingerprint density at radius 2 is 1.68 bits per heavy atom. The number of sulfonamides is 1. The summed E-state index contributed by atoms with van der Waals surface area (Å²) in [5, 5.41) is 5.05. The Morgan fingerprint density at radius 3 is 2.35 bits per heavy atom. The van der Waals surface area contributed by atoms with Crippen LogP contribution in [-0.2, 0) is 26.0 Å². The van der Waals surface area contributed by atoms with Gasteiger partial charge in [0.25, 0.3) is 0 Å². The fourth-order valence-corrected chi connectivity index (χ4v) is 5.21. The van der Waals surface area contributed by atoms with Gasteiger partial charge in [-0.25, -0.2) is 12.8 Å². The van der Waals surface area contributed by atoms with Crippen LogP contribution in [0, 0.1) is 12.7 Å². The lowest BCUT2D eigenvalue weighted by molar-refractivity contribution is -0.139. The molecule has 9 heteroatoms. The average molecular weight is 448 g/mol. The summed E-state index contributed by atoms with van der Waals surface area (Å²) in [4.78, 5) is 24.3. The molecule has 31 heavy (non-hydrogen) atoms. The summed E-state index contributed by atoms with van der Waals surface area (Å²) in [6.07, 6.45) is 1.76. The maximum absolute atomic E-state index is 12.9. The molecule has 0 radical (unpaired) electrons. The van der Waals surface area contributed by atoms with Gasteiger partial charge in [-0.15, -0.1) is 0 Å². The number of amides is 2. The van der Waals surface area contributed by atoms with Crippen LogP contribution in [0.25, 0.3) is 0 Å². The van der Waals surface area contributed by atoms with Gasteiger partial charge in [0.2, 0.25) is 10.0 Å². The SMILES string of the molecule is Cc1ccc(S(=O)(=O)N2CCC[C@@H]2CNC(=O)C(=O)NCCc2ccc(F)cc2)cc1. The average Bonchev–Trinajstić information content (AvgIpc) is 3.23. The second-order valence-corrected chi connectivity index (χ2v) is 9.46. The van der Waals surface area contributed by atoms with Crippen LogP contribution in [0.1, 0.15) is 24.0 Å². The van der Waals surface area contributed by atoms with E-state index < -0.39 is 27.9 Å². The lowest BCUT2D eigenvalue weighted by Gasteiger charge is -2.24. The summed E-state index contributed by atoms with van der Waals surface area (Å²) in [5.41, 5.74) is 1.81. The molecule has 2 N–H and O–H groups in total. The highest BCUT2D eigenvalue weighted by atomic mass is 32.2. The molecule has 0 bridgehead atoms. The number of carbonyl (C=O) groups is 2. The van der Waals surface area contributed by atoms with E-state index in [0.29, 0.717) is 25.8 Å². The van der Waals surface area contributed by atoms with E-state index in [-0.39, 0.29) is 23.8 Å². The van der Waals surface area contributed by atoms with Crippen molar-refractivity contribution in [1.82, 2.24) is 14.9 Å². The van der Waals surface area contributed by atoms with Crippen molar-refractivity contribution in [3.05, 3.63) is 65.5 Å². The van der Waals surface area contributed by atoms with Gasteiger partial charge in [-0.2, -0.15) is 4.31 Å². The van der Waals surface area contributed by atoms with Crippen LogP contribution in [0.5, 0.6) is 0 Å². The third kappa shape index (κ3) is 5.89. The van der Waals surface area contributed by atoms with Gasteiger partial charge in [-0.05, 0) is 56.0 Å². The first kappa shape index (κ1) is 22.9. The van der Waals surface area contributed by atoms with Crippen molar-refractivity contribution < 1.29 is 22.4 Å². The van der Waals surface area contributed by atoms with Crippen LogP contribution < -0.4 is 10.6 Å². The first-order chi connectivity index (χ1) is 14.8. The zero-order valence-corrected chi connectivity index (χ0v) is 18.1. The molecule has 166 valence electrons. The molecule has 1 heterocycles. The van der Waals surface area contributed by atoms with Crippen LogP contribution in [0.3, 0.4) is 0 Å². The lowest BCUT2D eigenvalue weighted by atomic mass is 10.1.